The lowest BCUT2D eigenvalue weighted by molar-refractivity contribution is 0.0926. The Hall–Kier alpha value is -3.27. The van der Waals surface area contributed by atoms with Crippen LogP contribution in [0.5, 0.6) is 0 Å². The zero-order valence-corrected chi connectivity index (χ0v) is 14.7. The summed E-state index contributed by atoms with van der Waals surface area (Å²) in [5.74, 6) is 1.60. The van der Waals surface area contributed by atoms with E-state index in [0.717, 1.165) is 24.4 Å². The van der Waals surface area contributed by atoms with Crippen molar-refractivity contribution in [2.45, 2.75) is 39.3 Å². The molecule has 1 atom stereocenters. The van der Waals surface area contributed by atoms with Gasteiger partial charge in [0.05, 0.1) is 5.69 Å². The van der Waals surface area contributed by atoms with Gasteiger partial charge in [-0.15, -0.1) is 0 Å². The quantitative estimate of drug-likeness (QED) is 0.787. The average molecular weight is 349 g/mol. The van der Waals surface area contributed by atoms with E-state index < -0.39 is 0 Å². The van der Waals surface area contributed by atoms with E-state index in [2.05, 4.69) is 20.9 Å². The Labute approximate surface area is 150 Å². The molecule has 1 aliphatic heterocycles. The summed E-state index contributed by atoms with van der Waals surface area (Å²) in [6.45, 7) is 4.36. The monoisotopic (exact) mass is 349 g/mol. The molecule has 132 valence electrons. The molecule has 7 nitrogen and oxygen atoms in total. The van der Waals surface area contributed by atoms with Crippen molar-refractivity contribution in [1.29, 1.82) is 5.26 Å². The highest BCUT2D eigenvalue weighted by Gasteiger charge is 2.27. The van der Waals surface area contributed by atoms with Crippen LogP contribution in [0.1, 0.15) is 39.6 Å². The fraction of sp³-hybridized carbons (Fsp3) is 0.316. The van der Waals surface area contributed by atoms with Gasteiger partial charge in [-0.25, -0.2) is 4.98 Å². The number of carbonyl (C=O) groups is 1. The number of hydrogen-bond donors (Lipinski definition) is 1. The standard InChI is InChI=1S/C19H19N5O2/c1-12-10-24-11-14(5-6-16(24)21-12)22-18(25)17-13(2)26-19(15(17)9-20)23-7-3-4-8-23/h3-4,7-8,10,14H,5-6,11H2,1-2H3,(H,22,25). The van der Waals surface area contributed by atoms with E-state index in [4.69, 9.17) is 4.42 Å². The molecule has 4 rings (SSSR count). The first kappa shape index (κ1) is 16.2. The first-order valence-corrected chi connectivity index (χ1v) is 8.57. The molecule has 0 radical (unpaired) electrons. The molecule has 0 fully saturated rings. The molecular formula is C19H19N5O2. The van der Waals surface area contributed by atoms with Crippen LogP contribution in [0, 0.1) is 25.2 Å². The summed E-state index contributed by atoms with van der Waals surface area (Å²) in [7, 11) is 0. The number of furan rings is 1. The van der Waals surface area contributed by atoms with Gasteiger partial charge in [0.25, 0.3) is 5.91 Å². The molecule has 0 bridgehead atoms. The second-order valence-electron chi connectivity index (χ2n) is 6.58. The third-order valence-electron chi connectivity index (χ3n) is 4.69. The molecule has 0 saturated carbocycles. The van der Waals surface area contributed by atoms with Gasteiger partial charge in [-0.3, -0.25) is 9.36 Å². The van der Waals surface area contributed by atoms with Crippen molar-refractivity contribution in [2.75, 3.05) is 0 Å². The number of carbonyl (C=O) groups excluding carboxylic acids is 1. The summed E-state index contributed by atoms with van der Waals surface area (Å²) in [4.78, 5) is 17.3. The first-order valence-electron chi connectivity index (χ1n) is 8.57. The van der Waals surface area contributed by atoms with E-state index >= 15 is 0 Å². The summed E-state index contributed by atoms with van der Waals surface area (Å²) in [6, 6.07) is 5.80. The average Bonchev–Trinajstić information content (AvgIpc) is 3.31. The van der Waals surface area contributed by atoms with E-state index in [1.54, 1.807) is 23.9 Å². The Morgan fingerprint density at radius 1 is 1.38 bits per heavy atom. The number of nitriles is 1. The number of aromatic nitrogens is 3. The van der Waals surface area contributed by atoms with Gasteiger partial charge in [0.15, 0.2) is 0 Å². The molecule has 0 aliphatic carbocycles. The number of nitrogens with one attached hydrogen (secondary N) is 1. The van der Waals surface area contributed by atoms with Crippen molar-refractivity contribution >= 4 is 5.91 Å². The van der Waals surface area contributed by atoms with E-state index in [0.29, 0.717) is 23.8 Å². The Morgan fingerprint density at radius 3 is 2.88 bits per heavy atom. The number of hydrogen-bond acceptors (Lipinski definition) is 4. The number of fused-ring (bicyclic) bond motifs is 1. The number of amides is 1. The molecule has 1 amide bonds. The molecule has 0 aromatic carbocycles. The summed E-state index contributed by atoms with van der Waals surface area (Å²) < 4.78 is 9.50. The smallest absolute Gasteiger partial charge is 0.256 e. The second kappa shape index (κ2) is 6.23. The van der Waals surface area contributed by atoms with Gasteiger partial charge in [0.2, 0.25) is 5.88 Å². The molecule has 0 saturated heterocycles. The van der Waals surface area contributed by atoms with Gasteiger partial charge >= 0.3 is 0 Å². The van der Waals surface area contributed by atoms with Crippen LogP contribution in [0.3, 0.4) is 0 Å². The van der Waals surface area contributed by atoms with Crippen LogP contribution in [-0.4, -0.2) is 26.1 Å². The molecule has 26 heavy (non-hydrogen) atoms. The molecule has 3 aromatic heterocycles. The minimum absolute atomic E-state index is 0.000490. The van der Waals surface area contributed by atoms with Crippen LogP contribution < -0.4 is 5.32 Å². The highest BCUT2D eigenvalue weighted by Crippen LogP contribution is 2.26. The normalized spacial score (nSPS) is 16.1. The zero-order valence-electron chi connectivity index (χ0n) is 14.7. The van der Waals surface area contributed by atoms with Crippen molar-refractivity contribution in [1.82, 2.24) is 19.4 Å². The molecule has 0 spiro atoms. The Bertz CT molecular complexity index is 1000. The van der Waals surface area contributed by atoms with E-state index in [-0.39, 0.29) is 17.5 Å². The third-order valence-corrected chi connectivity index (χ3v) is 4.69. The van der Waals surface area contributed by atoms with Crippen LogP contribution >= 0.6 is 0 Å². The summed E-state index contributed by atoms with van der Waals surface area (Å²) in [5.41, 5.74) is 1.55. The molecule has 1 aliphatic rings. The molecule has 7 heteroatoms. The lowest BCUT2D eigenvalue weighted by Gasteiger charge is -2.24. The van der Waals surface area contributed by atoms with Gasteiger partial charge in [-0.2, -0.15) is 5.26 Å². The van der Waals surface area contributed by atoms with Crippen LogP contribution in [0.15, 0.2) is 35.1 Å². The van der Waals surface area contributed by atoms with Gasteiger partial charge < -0.3 is 14.3 Å². The number of aryl methyl sites for hydroxylation is 3. The summed E-state index contributed by atoms with van der Waals surface area (Å²) >= 11 is 0. The van der Waals surface area contributed by atoms with Crippen LogP contribution in [-0.2, 0) is 13.0 Å². The first-order chi connectivity index (χ1) is 12.6. The molecule has 3 aromatic rings. The Kier molecular flexibility index (Phi) is 3.88. The van der Waals surface area contributed by atoms with Crippen LogP contribution in [0.2, 0.25) is 0 Å². The largest absolute Gasteiger partial charge is 0.443 e. The van der Waals surface area contributed by atoms with E-state index in [1.807, 2.05) is 25.3 Å². The third kappa shape index (κ3) is 2.69. The van der Waals surface area contributed by atoms with Crippen LogP contribution in [0.25, 0.3) is 5.88 Å². The van der Waals surface area contributed by atoms with Gasteiger partial charge in [-0.1, -0.05) is 0 Å². The lowest BCUT2D eigenvalue weighted by atomic mass is 10.1. The topological polar surface area (TPSA) is 88.8 Å². The van der Waals surface area contributed by atoms with Crippen molar-refractivity contribution in [3.63, 3.8) is 0 Å². The maximum absolute atomic E-state index is 12.9. The number of imidazole rings is 1. The SMILES string of the molecule is Cc1cn2c(n1)CCC(NC(=O)c1c(C)oc(-n3cccc3)c1C#N)C2. The maximum Gasteiger partial charge on any atom is 0.256 e. The van der Waals surface area contributed by atoms with Crippen molar-refractivity contribution in [2.24, 2.45) is 0 Å². The molecule has 1 N–H and O–H groups in total. The molecule has 4 heterocycles. The van der Waals surface area contributed by atoms with E-state index in [9.17, 15) is 10.1 Å². The minimum atomic E-state index is -0.272. The number of nitrogens with zero attached hydrogens (tertiary/aromatic N) is 4. The van der Waals surface area contributed by atoms with Gasteiger partial charge in [0.1, 0.15) is 28.8 Å². The van der Waals surface area contributed by atoms with Crippen molar-refractivity contribution < 1.29 is 9.21 Å². The predicted octanol–water partition coefficient (Wildman–Crippen LogP) is 2.50. The van der Waals surface area contributed by atoms with Crippen LogP contribution in [0.4, 0.5) is 0 Å². The highest BCUT2D eigenvalue weighted by molar-refractivity contribution is 5.98. The molecular weight excluding hydrogens is 330 g/mol. The Morgan fingerprint density at radius 2 is 2.15 bits per heavy atom. The fourth-order valence-electron chi connectivity index (χ4n) is 3.52. The summed E-state index contributed by atoms with van der Waals surface area (Å²) in [5, 5.41) is 12.6. The Balaban J connectivity index is 1.58. The predicted molar refractivity (Wildman–Crippen MR) is 94.0 cm³/mol. The van der Waals surface area contributed by atoms with E-state index in [1.165, 1.54) is 0 Å². The number of rotatable bonds is 3. The highest BCUT2D eigenvalue weighted by atomic mass is 16.4. The van der Waals surface area contributed by atoms with Gasteiger partial charge in [0, 0.05) is 37.6 Å². The van der Waals surface area contributed by atoms with Crippen molar-refractivity contribution in [3.05, 3.63) is 59.1 Å². The second-order valence-corrected chi connectivity index (χ2v) is 6.58. The maximum atomic E-state index is 12.9. The fourth-order valence-corrected chi connectivity index (χ4v) is 3.52. The lowest BCUT2D eigenvalue weighted by Crippen LogP contribution is -2.41. The van der Waals surface area contributed by atoms with Gasteiger partial charge in [-0.05, 0) is 32.4 Å². The van der Waals surface area contributed by atoms with Crippen molar-refractivity contribution in [3.8, 4) is 12.0 Å². The zero-order chi connectivity index (χ0) is 18.3. The molecule has 1 unspecified atom stereocenters. The summed E-state index contributed by atoms with van der Waals surface area (Å²) in [6.07, 6.45) is 7.21. The minimum Gasteiger partial charge on any atom is -0.443 e.